The van der Waals surface area contributed by atoms with E-state index in [-0.39, 0.29) is 6.04 Å². The summed E-state index contributed by atoms with van der Waals surface area (Å²) in [6.45, 7) is 4.07. The molecular formula is C13H14N4S. The molecular weight excluding hydrogens is 244 g/mol. The minimum absolute atomic E-state index is 0.0962. The molecule has 0 radical (unpaired) electrons. The van der Waals surface area contributed by atoms with Gasteiger partial charge in [0, 0.05) is 11.1 Å². The number of hydrogen-bond donors (Lipinski definition) is 2. The van der Waals surface area contributed by atoms with E-state index in [2.05, 4.69) is 16.4 Å². The molecule has 1 atom stereocenters. The molecule has 18 heavy (non-hydrogen) atoms. The van der Waals surface area contributed by atoms with Crippen molar-refractivity contribution in [3.05, 3.63) is 39.8 Å². The van der Waals surface area contributed by atoms with Gasteiger partial charge in [0.05, 0.1) is 29.0 Å². The summed E-state index contributed by atoms with van der Waals surface area (Å²) < 4.78 is 0. The summed E-state index contributed by atoms with van der Waals surface area (Å²) in [5, 5.41) is 13.1. The van der Waals surface area contributed by atoms with Crippen LogP contribution in [0.5, 0.6) is 0 Å². The van der Waals surface area contributed by atoms with Gasteiger partial charge in [0.25, 0.3) is 0 Å². The lowest BCUT2D eigenvalue weighted by atomic mass is 10.2. The molecule has 0 saturated heterocycles. The van der Waals surface area contributed by atoms with Gasteiger partial charge in [-0.05, 0) is 32.0 Å². The Morgan fingerprint density at radius 2 is 2.28 bits per heavy atom. The third-order valence-electron chi connectivity index (χ3n) is 2.56. The van der Waals surface area contributed by atoms with E-state index in [1.54, 1.807) is 23.5 Å². The summed E-state index contributed by atoms with van der Waals surface area (Å²) in [4.78, 5) is 5.52. The van der Waals surface area contributed by atoms with E-state index in [0.29, 0.717) is 11.3 Å². The second-order valence-corrected chi connectivity index (χ2v) is 5.36. The van der Waals surface area contributed by atoms with E-state index in [4.69, 9.17) is 11.0 Å². The van der Waals surface area contributed by atoms with Crippen LogP contribution in [0.4, 0.5) is 11.4 Å². The van der Waals surface area contributed by atoms with Crippen molar-refractivity contribution >= 4 is 22.7 Å². The Hall–Kier alpha value is -2.06. The molecule has 1 heterocycles. The standard InChI is InChI=1S/C13H14N4S/c1-8-7-16-13(18-8)9(2)17-12-4-3-10(6-14)5-11(12)15/h3-5,7,9,17H,15H2,1-2H3. The third-order valence-corrected chi connectivity index (χ3v) is 3.66. The normalized spacial score (nSPS) is 11.8. The minimum Gasteiger partial charge on any atom is -0.397 e. The number of aryl methyl sites for hydroxylation is 1. The van der Waals surface area contributed by atoms with Gasteiger partial charge in [-0.2, -0.15) is 5.26 Å². The predicted octanol–water partition coefficient (Wildman–Crippen LogP) is 3.08. The number of nitrogen functional groups attached to an aromatic ring is 1. The molecule has 1 unspecified atom stereocenters. The molecule has 92 valence electrons. The van der Waals surface area contributed by atoms with Gasteiger partial charge in [-0.25, -0.2) is 4.98 Å². The number of aromatic nitrogens is 1. The zero-order chi connectivity index (χ0) is 13.1. The van der Waals surface area contributed by atoms with Gasteiger partial charge in [-0.1, -0.05) is 0 Å². The first-order chi connectivity index (χ1) is 8.60. The molecule has 0 bridgehead atoms. The number of hydrogen-bond acceptors (Lipinski definition) is 5. The highest BCUT2D eigenvalue weighted by atomic mass is 32.1. The van der Waals surface area contributed by atoms with Crippen molar-refractivity contribution in [3.63, 3.8) is 0 Å². The molecule has 1 aromatic heterocycles. The van der Waals surface area contributed by atoms with Crippen LogP contribution in [0.25, 0.3) is 0 Å². The number of rotatable bonds is 3. The minimum atomic E-state index is 0.0962. The first-order valence-corrected chi connectivity index (χ1v) is 6.40. The van der Waals surface area contributed by atoms with Crippen molar-refractivity contribution in [1.82, 2.24) is 4.98 Å². The van der Waals surface area contributed by atoms with E-state index in [9.17, 15) is 0 Å². The Morgan fingerprint density at radius 1 is 1.50 bits per heavy atom. The van der Waals surface area contributed by atoms with E-state index in [1.807, 2.05) is 26.1 Å². The highest BCUT2D eigenvalue weighted by Crippen LogP contribution is 2.27. The molecule has 0 saturated carbocycles. The van der Waals surface area contributed by atoms with Gasteiger partial charge in [0.1, 0.15) is 5.01 Å². The molecule has 0 spiro atoms. The number of nitriles is 1. The van der Waals surface area contributed by atoms with Gasteiger partial charge in [0.15, 0.2) is 0 Å². The zero-order valence-electron chi connectivity index (χ0n) is 10.3. The van der Waals surface area contributed by atoms with Crippen molar-refractivity contribution in [2.75, 3.05) is 11.1 Å². The van der Waals surface area contributed by atoms with Crippen LogP contribution in [0.2, 0.25) is 0 Å². The summed E-state index contributed by atoms with van der Waals surface area (Å²) in [5.41, 5.74) is 7.87. The lowest BCUT2D eigenvalue weighted by Crippen LogP contribution is -2.08. The first-order valence-electron chi connectivity index (χ1n) is 5.58. The Labute approximate surface area is 110 Å². The number of nitrogens with two attached hydrogens (primary N) is 1. The largest absolute Gasteiger partial charge is 0.397 e. The molecule has 0 fully saturated rings. The number of benzene rings is 1. The lowest BCUT2D eigenvalue weighted by molar-refractivity contribution is 0.870. The monoisotopic (exact) mass is 258 g/mol. The maximum absolute atomic E-state index is 8.78. The first kappa shape index (κ1) is 12.4. The maximum Gasteiger partial charge on any atom is 0.115 e. The lowest BCUT2D eigenvalue weighted by Gasteiger charge is -2.14. The van der Waals surface area contributed by atoms with Crippen LogP contribution in [0.1, 0.15) is 28.4 Å². The van der Waals surface area contributed by atoms with Gasteiger partial charge in [0.2, 0.25) is 0 Å². The molecule has 5 heteroatoms. The highest BCUT2D eigenvalue weighted by Gasteiger charge is 2.10. The van der Waals surface area contributed by atoms with Crippen molar-refractivity contribution in [3.8, 4) is 6.07 Å². The fourth-order valence-corrected chi connectivity index (χ4v) is 2.41. The van der Waals surface area contributed by atoms with E-state index in [0.717, 1.165) is 10.7 Å². The molecule has 4 nitrogen and oxygen atoms in total. The van der Waals surface area contributed by atoms with Gasteiger partial charge in [-0.15, -0.1) is 11.3 Å². The fourth-order valence-electron chi connectivity index (χ4n) is 1.63. The summed E-state index contributed by atoms with van der Waals surface area (Å²) in [7, 11) is 0. The topological polar surface area (TPSA) is 74.7 Å². The van der Waals surface area contributed by atoms with Crippen molar-refractivity contribution < 1.29 is 0 Å². The molecule has 0 aliphatic heterocycles. The zero-order valence-corrected chi connectivity index (χ0v) is 11.1. The molecule has 3 N–H and O–H groups in total. The Bertz CT molecular complexity index is 597. The quantitative estimate of drug-likeness (QED) is 0.830. The molecule has 2 aromatic rings. The van der Waals surface area contributed by atoms with E-state index >= 15 is 0 Å². The second-order valence-electron chi connectivity index (χ2n) is 4.09. The Kier molecular flexibility index (Phi) is 3.49. The van der Waals surface area contributed by atoms with Crippen LogP contribution in [0, 0.1) is 18.3 Å². The van der Waals surface area contributed by atoms with Gasteiger partial charge < -0.3 is 11.1 Å². The molecule has 2 rings (SSSR count). The van der Waals surface area contributed by atoms with Gasteiger partial charge in [-0.3, -0.25) is 0 Å². The van der Waals surface area contributed by atoms with Gasteiger partial charge >= 0.3 is 0 Å². The third kappa shape index (κ3) is 2.60. The second kappa shape index (κ2) is 5.07. The highest BCUT2D eigenvalue weighted by molar-refractivity contribution is 7.11. The summed E-state index contributed by atoms with van der Waals surface area (Å²) in [5.74, 6) is 0. The number of anilines is 2. The summed E-state index contributed by atoms with van der Waals surface area (Å²) >= 11 is 1.66. The number of thiazole rings is 1. The Morgan fingerprint density at radius 3 is 2.83 bits per heavy atom. The summed E-state index contributed by atoms with van der Waals surface area (Å²) in [6, 6.07) is 7.40. The van der Waals surface area contributed by atoms with Crippen LogP contribution < -0.4 is 11.1 Å². The van der Waals surface area contributed by atoms with Crippen LogP contribution in [0.3, 0.4) is 0 Å². The molecule has 1 aromatic carbocycles. The van der Waals surface area contributed by atoms with Crippen LogP contribution in [0.15, 0.2) is 24.4 Å². The van der Waals surface area contributed by atoms with E-state index in [1.165, 1.54) is 4.88 Å². The van der Waals surface area contributed by atoms with Crippen molar-refractivity contribution in [1.29, 1.82) is 5.26 Å². The number of nitrogens with zero attached hydrogens (tertiary/aromatic N) is 2. The SMILES string of the molecule is Cc1cnc(C(C)Nc2ccc(C#N)cc2N)s1. The van der Waals surface area contributed by atoms with Crippen molar-refractivity contribution in [2.45, 2.75) is 19.9 Å². The average Bonchev–Trinajstić information content (AvgIpc) is 2.78. The molecule has 0 aliphatic rings. The smallest absolute Gasteiger partial charge is 0.115 e. The van der Waals surface area contributed by atoms with Crippen LogP contribution in [-0.2, 0) is 0 Å². The van der Waals surface area contributed by atoms with E-state index < -0.39 is 0 Å². The van der Waals surface area contributed by atoms with Crippen LogP contribution >= 0.6 is 11.3 Å². The fraction of sp³-hybridized carbons (Fsp3) is 0.231. The van der Waals surface area contributed by atoms with Crippen molar-refractivity contribution in [2.24, 2.45) is 0 Å². The molecule has 0 aliphatic carbocycles. The maximum atomic E-state index is 8.78. The number of nitrogens with one attached hydrogen (secondary N) is 1. The summed E-state index contributed by atoms with van der Waals surface area (Å²) in [6.07, 6.45) is 1.86. The Balaban J connectivity index is 2.17. The predicted molar refractivity (Wildman–Crippen MR) is 74.5 cm³/mol. The molecule has 0 amide bonds. The van der Waals surface area contributed by atoms with Crippen LogP contribution in [-0.4, -0.2) is 4.98 Å². The average molecular weight is 258 g/mol.